The highest BCUT2D eigenvalue weighted by Gasteiger charge is 2.21. The summed E-state index contributed by atoms with van der Waals surface area (Å²) in [5, 5.41) is 14.3. The number of nitrogens with zero attached hydrogens (tertiary/aromatic N) is 1. The smallest absolute Gasteiger partial charge is 0.113 e. The van der Waals surface area contributed by atoms with E-state index in [4.69, 9.17) is 11.6 Å². The monoisotopic (exact) mass is 260 g/mol. The number of hydrogen-bond acceptors (Lipinski definition) is 4. The molecule has 0 bridgehead atoms. The maximum absolute atomic E-state index is 9.93. The SMILES string of the molecule is OC1CCCCCC1NCc1ncc(Cl)s1. The van der Waals surface area contributed by atoms with Crippen LogP contribution in [0.25, 0.3) is 0 Å². The molecule has 5 heteroatoms. The second-order valence-corrected chi connectivity index (χ2v) is 6.00. The van der Waals surface area contributed by atoms with Gasteiger partial charge in [0.15, 0.2) is 0 Å². The molecule has 1 aromatic heterocycles. The average molecular weight is 261 g/mol. The number of halogens is 1. The predicted molar refractivity (Wildman–Crippen MR) is 66.8 cm³/mol. The van der Waals surface area contributed by atoms with Gasteiger partial charge < -0.3 is 10.4 Å². The van der Waals surface area contributed by atoms with E-state index in [1.807, 2.05) is 0 Å². The van der Waals surface area contributed by atoms with Gasteiger partial charge in [0.05, 0.1) is 12.3 Å². The topological polar surface area (TPSA) is 45.1 Å². The first kappa shape index (κ1) is 12.3. The lowest BCUT2D eigenvalue weighted by Gasteiger charge is -2.21. The average Bonchev–Trinajstić information content (AvgIpc) is 2.56. The molecule has 0 amide bonds. The van der Waals surface area contributed by atoms with Gasteiger partial charge in [-0.1, -0.05) is 30.9 Å². The van der Waals surface area contributed by atoms with E-state index in [2.05, 4.69) is 10.3 Å². The van der Waals surface area contributed by atoms with E-state index in [9.17, 15) is 5.11 Å². The van der Waals surface area contributed by atoms with E-state index in [-0.39, 0.29) is 12.1 Å². The third-order valence-electron chi connectivity index (χ3n) is 3.02. The van der Waals surface area contributed by atoms with Crippen molar-refractivity contribution in [2.24, 2.45) is 0 Å². The first-order chi connectivity index (χ1) is 7.75. The van der Waals surface area contributed by atoms with E-state index in [0.29, 0.717) is 6.54 Å². The number of aliphatic hydroxyl groups excluding tert-OH is 1. The minimum absolute atomic E-state index is 0.210. The van der Waals surface area contributed by atoms with Crippen LogP contribution in [0.5, 0.6) is 0 Å². The zero-order valence-corrected chi connectivity index (χ0v) is 10.7. The molecule has 1 heterocycles. The molecule has 1 aliphatic rings. The van der Waals surface area contributed by atoms with Crippen molar-refractivity contribution in [2.75, 3.05) is 0 Å². The van der Waals surface area contributed by atoms with Crippen LogP contribution in [0.4, 0.5) is 0 Å². The minimum Gasteiger partial charge on any atom is -0.392 e. The Balaban J connectivity index is 1.83. The molecule has 3 nitrogen and oxygen atoms in total. The van der Waals surface area contributed by atoms with Crippen molar-refractivity contribution in [1.82, 2.24) is 10.3 Å². The van der Waals surface area contributed by atoms with Crippen molar-refractivity contribution in [3.8, 4) is 0 Å². The molecule has 0 aromatic carbocycles. The summed E-state index contributed by atoms with van der Waals surface area (Å²) in [6.45, 7) is 0.707. The molecule has 0 saturated heterocycles. The van der Waals surface area contributed by atoms with Gasteiger partial charge in [-0.15, -0.1) is 11.3 Å². The van der Waals surface area contributed by atoms with Gasteiger partial charge in [0, 0.05) is 12.6 Å². The van der Waals surface area contributed by atoms with Crippen molar-refractivity contribution < 1.29 is 5.11 Å². The summed E-state index contributed by atoms with van der Waals surface area (Å²) in [7, 11) is 0. The third-order valence-corrected chi connectivity index (χ3v) is 4.14. The van der Waals surface area contributed by atoms with Crippen LogP contribution in [0.1, 0.15) is 37.1 Å². The highest BCUT2D eigenvalue weighted by Crippen LogP contribution is 2.20. The Hall–Kier alpha value is -0.160. The van der Waals surface area contributed by atoms with Crippen LogP contribution in [0.2, 0.25) is 4.34 Å². The van der Waals surface area contributed by atoms with Crippen LogP contribution >= 0.6 is 22.9 Å². The van der Waals surface area contributed by atoms with Crippen LogP contribution in [-0.4, -0.2) is 22.2 Å². The lowest BCUT2D eigenvalue weighted by Crippen LogP contribution is -2.38. The maximum atomic E-state index is 9.93. The summed E-state index contributed by atoms with van der Waals surface area (Å²) in [5.41, 5.74) is 0. The summed E-state index contributed by atoms with van der Waals surface area (Å²) in [5.74, 6) is 0. The quantitative estimate of drug-likeness (QED) is 0.821. The van der Waals surface area contributed by atoms with Crippen molar-refractivity contribution >= 4 is 22.9 Å². The van der Waals surface area contributed by atoms with E-state index >= 15 is 0 Å². The number of aromatic nitrogens is 1. The van der Waals surface area contributed by atoms with E-state index in [0.717, 1.165) is 28.6 Å². The summed E-state index contributed by atoms with van der Waals surface area (Å²) in [6.07, 6.45) is 7.01. The Morgan fingerprint density at radius 3 is 3.00 bits per heavy atom. The van der Waals surface area contributed by atoms with E-state index < -0.39 is 0 Å². The Morgan fingerprint density at radius 1 is 1.44 bits per heavy atom. The van der Waals surface area contributed by atoms with Gasteiger partial charge in [-0.3, -0.25) is 0 Å². The first-order valence-corrected chi connectivity index (χ1v) is 6.97. The maximum Gasteiger partial charge on any atom is 0.113 e. The molecule has 90 valence electrons. The number of hydrogen-bond donors (Lipinski definition) is 2. The standard InChI is InChI=1S/C11H17ClN2OS/c12-10-6-14-11(16-10)7-13-8-4-2-1-3-5-9(8)15/h6,8-9,13,15H,1-5,7H2. The van der Waals surface area contributed by atoms with Gasteiger partial charge in [-0.05, 0) is 12.8 Å². The molecule has 0 aliphatic heterocycles. The fraction of sp³-hybridized carbons (Fsp3) is 0.727. The Kier molecular flexibility index (Phi) is 4.58. The molecule has 2 atom stereocenters. The molecule has 2 rings (SSSR count). The highest BCUT2D eigenvalue weighted by molar-refractivity contribution is 7.15. The van der Waals surface area contributed by atoms with Crippen LogP contribution < -0.4 is 5.32 Å². The molecular weight excluding hydrogens is 244 g/mol. The Labute approximate surface area is 105 Å². The van der Waals surface area contributed by atoms with Crippen molar-refractivity contribution in [3.63, 3.8) is 0 Å². The molecule has 16 heavy (non-hydrogen) atoms. The summed E-state index contributed by atoms with van der Waals surface area (Å²) >= 11 is 7.31. The Morgan fingerprint density at radius 2 is 2.25 bits per heavy atom. The second-order valence-electron chi connectivity index (χ2n) is 4.25. The largest absolute Gasteiger partial charge is 0.392 e. The van der Waals surface area contributed by atoms with E-state index in [1.54, 1.807) is 6.20 Å². The van der Waals surface area contributed by atoms with Gasteiger partial charge >= 0.3 is 0 Å². The lowest BCUT2D eigenvalue weighted by atomic mass is 10.1. The molecule has 2 unspecified atom stereocenters. The number of thiazole rings is 1. The van der Waals surface area contributed by atoms with Crippen molar-refractivity contribution in [2.45, 2.75) is 50.8 Å². The predicted octanol–water partition coefficient (Wildman–Crippen LogP) is 2.58. The minimum atomic E-state index is -0.210. The van der Waals surface area contributed by atoms with Crippen LogP contribution in [0, 0.1) is 0 Å². The molecule has 0 spiro atoms. The van der Waals surface area contributed by atoms with Crippen molar-refractivity contribution in [3.05, 3.63) is 15.5 Å². The van der Waals surface area contributed by atoms with Gasteiger partial charge in [-0.25, -0.2) is 4.98 Å². The number of aliphatic hydroxyl groups is 1. The number of rotatable bonds is 3. The molecular formula is C11H17ClN2OS. The molecule has 2 N–H and O–H groups in total. The zero-order valence-electron chi connectivity index (χ0n) is 9.16. The fourth-order valence-electron chi connectivity index (χ4n) is 2.11. The van der Waals surface area contributed by atoms with E-state index in [1.165, 1.54) is 24.2 Å². The molecule has 1 saturated carbocycles. The van der Waals surface area contributed by atoms with Gasteiger partial charge in [0.1, 0.15) is 9.34 Å². The normalized spacial score (nSPS) is 26.6. The summed E-state index contributed by atoms with van der Waals surface area (Å²) in [6, 6.07) is 0.213. The van der Waals surface area contributed by atoms with Gasteiger partial charge in [0.25, 0.3) is 0 Å². The molecule has 0 radical (unpaired) electrons. The van der Waals surface area contributed by atoms with Crippen molar-refractivity contribution in [1.29, 1.82) is 0 Å². The molecule has 1 aromatic rings. The molecule has 1 fully saturated rings. The third kappa shape index (κ3) is 3.42. The zero-order chi connectivity index (χ0) is 11.4. The van der Waals surface area contributed by atoms with Crippen LogP contribution in [0.15, 0.2) is 6.20 Å². The molecule has 1 aliphatic carbocycles. The summed E-state index contributed by atoms with van der Waals surface area (Å²) < 4.78 is 0.721. The lowest BCUT2D eigenvalue weighted by molar-refractivity contribution is 0.119. The van der Waals surface area contributed by atoms with Gasteiger partial charge in [-0.2, -0.15) is 0 Å². The van der Waals surface area contributed by atoms with Gasteiger partial charge in [0.2, 0.25) is 0 Å². The van der Waals surface area contributed by atoms with Crippen LogP contribution in [0.3, 0.4) is 0 Å². The first-order valence-electron chi connectivity index (χ1n) is 5.77. The highest BCUT2D eigenvalue weighted by atomic mass is 35.5. The number of nitrogens with one attached hydrogen (secondary N) is 1. The summed E-state index contributed by atoms with van der Waals surface area (Å²) in [4.78, 5) is 4.19. The van der Waals surface area contributed by atoms with Crippen LogP contribution in [-0.2, 0) is 6.54 Å². The fourth-order valence-corrected chi connectivity index (χ4v) is 3.02. The second kappa shape index (κ2) is 5.96. The Bertz CT molecular complexity index is 332.